The Labute approximate surface area is 165 Å². The summed E-state index contributed by atoms with van der Waals surface area (Å²) in [6, 6.07) is 6.72. The highest BCUT2D eigenvalue weighted by Gasteiger charge is 2.21. The number of carbonyl (C=O) groups excluding carboxylic acids is 1. The van der Waals surface area contributed by atoms with Gasteiger partial charge in [0.25, 0.3) is 5.91 Å². The van der Waals surface area contributed by atoms with Gasteiger partial charge < -0.3 is 10.2 Å². The van der Waals surface area contributed by atoms with Crippen LogP contribution in [0.1, 0.15) is 35.3 Å². The Morgan fingerprint density at radius 1 is 1.11 bits per heavy atom. The lowest BCUT2D eigenvalue weighted by Crippen LogP contribution is -2.28. The number of nitrogens with one attached hydrogen (secondary N) is 2. The molecule has 0 unspecified atom stereocenters. The second-order valence-electron chi connectivity index (χ2n) is 6.78. The number of aryl methyl sites for hydroxylation is 1. The third-order valence-corrected chi connectivity index (χ3v) is 6.01. The number of rotatable bonds is 8. The highest BCUT2D eigenvalue weighted by atomic mass is 32.2. The molecule has 1 saturated heterocycles. The maximum Gasteiger partial charge on any atom is 0.274 e. The van der Waals surface area contributed by atoms with E-state index in [4.69, 9.17) is 0 Å². The molecule has 9 heteroatoms. The standard InChI is InChI=1S/C19H25N5O3S/c1-15-5-7-16(8-6-15)28(26,27)22-10-4-9-21-18-14-20-13-17(23-18)19(25)24-11-2-3-12-24/h5-8,13-14,22H,2-4,9-12H2,1H3,(H,21,23). The molecule has 1 aliphatic rings. The Hall–Kier alpha value is -2.52. The van der Waals surface area contributed by atoms with E-state index in [1.54, 1.807) is 35.4 Å². The smallest absolute Gasteiger partial charge is 0.274 e. The van der Waals surface area contributed by atoms with E-state index < -0.39 is 10.0 Å². The van der Waals surface area contributed by atoms with Crippen molar-refractivity contribution < 1.29 is 13.2 Å². The van der Waals surface area contributed by atoms with Crippen molar-refractivity contribution in [3.05, 3.63) is 47.9 Å². The van der Waals surface area contributed by atoms with Gasteiger partial charge in [0, 0.05) is 26.2 Å². The fraction of sp³-hybridized carbons (Fsp3) is 0.421. The van der Waals surface area contributed by atoms with Crippen LogP contribution in [0.2, 0.25) is 0 Å². The van der Waals surface area contributed by atoms with Crippen LogP contribution >= 0.6 is 0 Å². The molecule has 0 atom stereocenters. The molecule has 28 heavy (non-hydrogen) atoms. The summed E-state index contributed by atoms with van der Waals surface area (Å²) < 4.78 is 27.0. The van der Waals surface area contributed by atoms with Gasteiger partial charge in [-0.2, -0.15) is 0 Å². The Kier molecular flexibility index (Phi) is 6.58. The summed E-state index contributed by atoms with van der Waals surface area (Å²) in [7, 11) is -3.51. The zero-order valence-electron chi connectivity index (χ0n) is 15.9. The van der Waals surface area contributed by atoms with Gasteiger partial charge in [0.15, 0.2) is 0 Å². The number of anilines is 1. The van der Waals surface area contributed by atoms with E-state index in [-0.39, 0.29) is 10.8 Å². The maximum atomic E-state index is 12.4. The first kappa shape index (κ1) is 20.2. The molecule has 2 heterocycles. The van der Waals surface area contributed by atoms with E-state index >= 15 is 0 Å². The van der Waals surface area contributed by atoms with Crippen molar-refractivity contribution >= 4 is 21.7 Å². The summed E-state index contributed by atoms with van der Waals surface area (Å²) >= 11 is 0. The normalized spacial score (nSPS) is 14.2. The van der Waals surface area contributed by atoms with Crippen LogP contribution in [0.3, 0.4) is 0 Å². The average molecular weight is 404 g/mol. The SMILES string of the molecule is Cc1ccc(S(=O)(=O)NCCCNc2cncc(C(=O)N3CCCC3)n2)cc1. The van der Waals surface area contributed by atoms with Gasteiger partial charge in [0.2, 0.25) is 10.0 Å². The van der Waals surface area contributed by atoms with Crippen LogP contribution in [0.25, 0.3) is 0 Å². The second kappa shape index (κ2) is 9.11. The fourth-order valence-corrected chi connectivity index (χ4v) is 4.02. The Morgan fingerprint density at radius 3 is 2.54 bits per heavy atom. The lowest BCUT2D eigenvalue weighted by Gasteiger charge is -2.14. The van der Waals surface area contributed by atoms with E-state index in [0.717, 1.165) is 31.5 Å². The summed E-state index contributed by atoms with van der Waals surface area (Å²) in [5.74, 6) is 0.408. The minimum atomic E-state index is -3.51. The molecule has 2 aromatic rings. The van der Waals surface area contributed by atoms with Gasteiger partial charge in [-0.3, -0.25) is 9.78 Å². The number of benzene rings is 1. The fourth-order valence-electron chi connectivity index (χ4n) is 2.95. The predicted molar refractivity (Wildman–Crippen MR) is 107 cm³/mol. The Morgan fingerprint density at radius 2 is 1.82 bits per heavy atom. The molecule has 0 radical (unpaired) electrons. The second-order valence-corrected chi connectivity index (χ2v) is 8.55. The van der Waals surface area contributed by atoms with Crippen LogP contribution in [0.5, 0.6) is 0 Å². The van der Waals surface area contributed by atoms with E-state index in [9.17, 15) is 13.2 Å². The van der Waals surface area contributed by atoms with E-state index in [1.165, 1.54) is 6.20 Å². The van der Waals surface area contributed by atoms with Gasteiger partial charge in [-0.1, -0.05) is 17.7 Å². The van der Waals surface area contributed by atoms with E-state index in [1.807, 2.05) is 6.92 Å². The van der Waals surface area contributed by atoms with E-state index in [0.29, 0.717) is 31.0 Å². The molecule has 0 aliphatic carbocycles. The molecule has 0 bridgehead atoms. The number of nitrogens with zero attached hydrogens (tertiary/aromatic N) is 3. The van der Waals surface area contributed by atoms with Crippen LogP contribution in [-0.4, -0.2) is 55.4 Å². The van der Waals surface area contributed by atoms with Gasteiger partial charge in [0.1, 0.15) is 11.5 Å². The largest absolute Gasteiger partial charge is 0.369 e. The summed E-state index contributed by atoms with van der Waals surface area (Å²) in [5.41, 5.74) is 1.33. The molecule has 1 amide bonds. The summed E-state index contributed by atoms with van der Waals surface area (Å²) in [4.78, 5) is 22.8. The van der Waals surface area contributed by atoms with Gasteiger partial charge >= 0.3 is 0 Å². The van der Waals surface area contributed by atoms with Crippen molar-refractivity contribution in [1.29, 1.82) is 0 Å². The summed E-state index contributed by atoms with van der Waals surface area (Å²) in [6.07, 6.45) is 5.64. The van der Waals surface area contributed by atoms with Crippen LogP contribution in [0, 0.1) is 6.92 Å². The molecule has 150 valence electrons. The Bertz CT molecular complexity index is 909. The molecule has 0 spiro atoms. The minimum Gasteiger partial charge on any atom is -0.369 e. The van der Waals surface area contributed by atoms with Gasteiger partial charge in [-0.15, -0.1) is 0 Å². The van der Waals surface area contributed by atoms with Crippen molar-refractivity contribution in [2.24, 2.45) is 0 Å². The number of aromatic nitrogens is 2. The lowest BCUT2D eigenvalue weighted by atomic mass is 10.2. The van der Waals surface area contributed by atoms with Crippen LogP contribution in [-0.2, 0) is 10.0 Å². The molecule has 8 nitrogen and oxygen atoms in total. The number of hydrogen-bond acceptors (Lipinski definition) is 6. The van der Waals surface area contributed by atoms with Gasteiger partial charge in [0.05, 0.1) is 17.3 Å². The van der Waals surface area contributed by atoms with Crippen LogP contribution < -0.4 is 10.0 Å². The molecule has 1 aromatic carbocycles. The van der Waals surface area contributed by atoms with Crippen molar-refractivity contribution in [1.82, 2.24) is 19.6 Å². The minimum absolute atomic E-state index is 0.0977. The zero-order chi connectivity index (χ0) is 20.0. The van der Waals surface area contributed by atoms with Gasteiger partial charge in [-0.05, 0) is 38.3 Å². The topological polar surface area (TPSA) is 104 Å². The van der Waals surface area contributed by atoms with Crippen molar-refractivity contribution in [3.8, 4) is 0 Å². The van der Waals surface area contributed by atoms with Crippen LogP contribution in [0.15, 0.2) is 41.6 Å². The third kappa shape index (κ3) is 5.26. The first-order valence-corrected chi connectivity index (χ1v) is 10.9. The maximum absolute atomic E-state index is 12.4. The first-order chi connectivity index (χ1) is 13.5. The molecule has 1 fully saturated rings. The molecular formula is C19H25N5O3S. The molecule has 2 N–H and O–H groups in total. The number of amides is 1. The van der Waals surface area contributed by atoms with Crippen molar-refractivity contribution in [2.45, 2.75) is 31.1 Å². The molecule has 1 aliphatic heterocycles. The highest BCUT2D eigenvalue weighted by molar-refractivity contribution is 7.89. The van der Waals surface area contributed by atoms with Crippen LogP contribution in [0.4, 0.5) is 5.82 Å². The van der Waals surface area contributed by atoms with E-state index in [2.05, 4.69) is 20.0 Å². The first-order valence-electron chi connectivity index (χ1n) is 9.37. The third-order valence-electron chi connectivity index (χ3n) is 4.53. The number of carbonyl (C=O) groups is 1. The number of sulfonamides is 1. The summed E-state index contributed by atoms with van der Waals surface area (Å²) in [6.45, 7) is 4.24. The van der Waals surface area contributed by atoms with Gasteiger partial charge in [-0.25, -0.2) is 18.1 Å². The number of likely N-dealkylation sites (tertiary alicyclic amines) is 1. The monoisotopic (exact) mass is 403 g/mol. The molecular weight excluding hydrogens is 378 g/mol. The molecule has 1 aromatic heterocycles. The predicted octanol–water partition coefficient (Wildman–Crippen LogP) is 1.80. The van der Waals surface area contributed by atoms with Crippen molar-refractivity contribution in [2.75, 3.05) is 31.5 Å². The lowest BCUT2D eigenvalue weighted by molar-refractivity contribution is 0.0786. The quantitative estimate of drug-likeness (QED) is 0.652. The van der Waals surface area contributed by atoms with Crippen molar-refractivity contribution in [3.63, 3.8) is 0 Å². The summed E-state index contributed by atoms with van der Waals surface area (Å²) in [5, 5.41) is 3.08. The Balaban J connectivity index is 1.45. The zero-order valence-corrected chi connectivity index (χ0v) is 16.7. The molecule has 3 rings (SSSR count). The number of hydrogen-bond donors (Lipinski definition) is 2. The average Bonchev–Trinajstić information content (AvgIpc) is 3.22. The highest BCUT2D eigenvalue weighted by Crippen LogP contribution is 2.12. The molecule has 0 saturated carbocycles.